The van der Waals surface area contributed by atoms with Gasteiger partial charge in [-0.3, -0.25) is 0 Å². The Morgan fingerprint density at radius 3 is 2.58 bits per heavy atom. The standard InChI is InChI=1S/C15H23N3O/c1-2-8-12(16-9-5-1)14-17-15(19-18-14)13-10-6-3-4-7-11(10)13/h10-13,16H,1-9H2. The van der Waals surface area contributed by atoms with Crippen LogP contribution in [0.4, 0.5) is 0 Å². The fraction of sp³-hybridized carbons (Fsp3) is 0.867. The summed E-state index contributed by atoms with van der Waals surface area (Å²) in [6.07, 6.45) is 10.5. The van der Waals surface area contributed by atoms with E-state index in [0.29, 0.717) is 12.0 Å². The third kappa shape index (κ3) is 2.20. The van der Waals surface area contributed by atoms with E-state index in [1.54, 1.807) is 0 Å². The average molecular weight is 261 g/mol. The van der Waals surface area contributed by atoms with E-state index in [1.165, 1.54) is 44.9 Å². The molecule has 0 radical (unpaired) electrons. The molecule has 1 aromatic heterocycles. The molecule has 19 heavy (non-hydrogen) atoms. The van der Waals surface area contributed by atoms with E-state index in [9.17, 15) is 0 Å². The molecule has 104 valence electrons. The minimum Gasteiger partial charge on any atom is -0.339 e. The van der Waals surface area contributed by atoms with Gasteiger partial charge in [0.2, 0.25) is 5.89 Å². The number of hydrogen-bond donors (Lipinski definition) is 1. The first-order valence-corrected chi connectivity index (χ1v) is 8.00. The molecule has 0 bridgehead atoms. The molecule has 2 aliphatic carbocycles. The van der Waals surface area contributed by atoms with Crippen molar-refractivity contribution in [2.45, 2.75) is 63.3 Å². The Bertz CT molecular complexity index is 408. The second-order valence-electron chi connectivity index (χ2n) is 6.48. The van der Waals surface area contributed by atoms with Crippen LogP contribution in [-0.2, 0) is 0 Å². The van der Waals surface area contributed by atoms with Crippen molar-refractivity contribution in [1.29, 1.82) is 0 Å². The molecule has 4 heteroatoms. The van der Waals surface area contributed by atoms with Gasteiger partial charge in [0.05, 0.1) is 6.04 Å². The van der Waals surface area contributed by atoms with Gasteiger partial charge >= 0.3 is 0 Å². The minimum absolute atomic E-state index is 0.320. The second-order valence-corrected chi connectivity index (χ2v) is 6.48. The Hall–Kier alpha value is -0.900. The SMILES string of the molecule is C1CCNC(c2noc(C3C4CCCCC43)n2)CC1. The van der Waals surface area contributed by atoms with Crippen LogP contribution in [0.2, 0.25) is 0 Å². The summed E-state index contributed by atoms with van der Waals surface area (Å²) in [7, 11) is 0. The molecule has 2 heterocycles. The molecule has 0 spiro atoms. The summed E-state index contributed by atoms with van der Waals surface area (Å²) in [6, 6.07) is 0.320. The maximum atomic E-state index is 5.57. The van der Waals surface area contributed by atoms with Gasteiger partial charge in [0.25, 0.3) is 0 Å². The summed E-state index contributed by atoms with van der Waals surface area (Å²) in [5, 5.41) is 7.80. The van der Waals surface area contributed by atoms with Gasteiger partial charge in [0.1, 0.15) is 0 Å². The highest BCUT2D eigenvalue weighted by molar-refractivity contribution is 5.15. The molecule has 0 amide bonds. The largest absolute Gasteiger partial charge is 0.339 e. The van der Waals surface area contributed by atoms with Crippen molar-refractivity contribution in [3.8, 4) is 0 Å². The molecule has 3 aliphatic rings. The van der Waals surface area contributed by atoms with E-state index in [2.05, 4.69) is 10.5 Å². The lowest BCUT2D eigenvalue weighted by Crippen LogP contribution is -2.21. The van der Waals surface area contributed by atoms with Gasteiger partial charge in [-0.2, -0.15) is 4.98 Å². The molecule has 3 atom stereocenters. The van der Waals surface area contributed by atoms with Crippen molar-refractivity contribution in [1.82, 2.24) is 15.5 Å². The Kier molecular flexibility index (Phi) is 3.06. The van der Waals surface area contributed by atoms with Crippen molar-refractivity contribution in [2.75, 3.05) is 6.54 Å². The smallest absolute Gasteiger partial charge is 0.230 e. The molecule has 3 unspecified atom stereocenters. The van der Waals surface area contributed by atoms with Crippen LogP contribution in [-0.4, -0.2) is 16.7 Å². The number of nitrogens with one attached hydrogen (secondary N) is 1. The molecular weight excluding hydrogens is 238 g/mol. The molecule has 0 aromatic carbocycles. The van der Waals surface area contributed by atoms with Crippen LogP contribution < -0.4 is 5.32 Å². The quantitative estimate of drug-likeness (QED) is 0.888. The van der Waals surface area contributed by atoms with Crippen LogP contribution in [0.15, 0.2) is 4.52 Å². The van der Waals surface area contributed by atoms with E-state index in [-0.39, 0.29) is 0 Å². The van der Waals surface area contributed by atoms with E-state index < -0.39 is 0 Å². The molecule has 2 saturated carbocycles. The number of fused-ring (bicyclic) bond motifs is 1. The molecule has 1 aliphatic heterocycles. The summed E-state index contributed by atoms with van der Waals surface area (Å²) in [5.41, 5.74) is 0. The Morgan fingerprint density at radius 1 is 0.947 bits per heavy atom. The van der Waals surface area contributed by atoms with Crippen LogP contribution >= 0.6 is 0 Å². The maximum absolute atomic E-state index is 5.57. The molecular formula is C15H23N3O. The normalized spacial score (nSPS) is 38.5. The van der Waals surface area contributed by atoms with Crippen molar-refractivity contribution in [3.63, 3.8) is 0 Å². The lowest BCUT2D eigenvalue weighted by atomic mass is 10.0. The highest BCUT2D eigenvalue weighted by atomic mass is 16.5. The summed E-state index contributed by atoms with van der Waals surface area (Å²) in [5.74, 6) is 4.13. The molecule has 4 nitrogen and oxygen atoms in total. The fourth-order valence-electron chi connectivity index (χ4n) is 4.13. The predicted octanol–water partition coefficient (Wildman–Crippen LogP) is 3.18. The molecule has 4 rings (SSSR count). The number of hydrogen-bond acceptors (Lipinski definition) is 4. The lowest BCUT2D eigenvalue weighted by molar-refractivity contribution is 0.359. The fourth-order valence-corrected chi connectivity index (χ4v) is 4.13. The van der Waals surface area contributed by atoms with Gasteiger partial charge in [-0.25, -0.2) is 0 Å². The van der Waals surface area contributed by atoms with Crippen molar-refractivity contribution in [3.05, 3.63) is 11.7 Å². The van der Waals surface area contributed by atoms with Crippen LogP contribution in [0.5, 0.6) is 0 Å². The zero-order chi connectivity index (χ0) is 12.7. The van der Waals surface area contributed by atoms with Gasteiger partial charge in [0, 0.05) is 5.92 Å². The van der Waals surface area contributed by atoms with E-state index in [1.807, 2.05) is 0 Å². The lowest BCUT2D eigenvalue weighted by Gasteiger charge is -2.09. The number of rotatable bonds is 2. The van der Waals surface area contributed by atoms with E-state index >= 15 is 0 Å². The maximum Gasteiger partial charge on any atom is 0.230 e. The van der Waals surface area contributed by atoms with E-state index in [4.69, 9.17) is 9.51 Å². The topological polar surface area (TPSA) is 51.0 Å². The van der Waals surface area contributed by atoms with E-state index in [0.717, 1.165) is 36.5 Å². The zero-order valence-electron chi connectivity index (χ0n) is 11.5. The minimum atomic E-state index is 0.320. The molecule has 1 saturated heterocycles. The highest BCUT2D eigenvalue weighted by Crippen LogP contribution is 2.60. The highest BCUT2D eigenvalue weighted by Gasteiger charge is 2.54. The first-order chi connectivity index (χ1) is 9.43. The van der Waals surface area contributed by atoms with Crippen LogP contribution in [0.3, 0.4) is 0 Å². The summed E-state index contributed by atoms with van der Waals surface area (Å²) < 4.78 is 5.57. The van der Waals surface area contributed by atoms with Crippen molar-refractivity contribution < 1.29 is 4.52 Å². The monoisotopic (exact) mass is 261 g/mol. The van der Waals surface area contributed by atoms with Gasteiger partial charge in [0.15, 0.2) is 5.82 Å². The first kappa shape index (κ1) is 11.9. The van der Waals surface area contributed by atoms with Crippen LogP contribution in [0.1, 0.15) is 75.0 Å². The Morgan fingerprint density at radius 2 is 1.74 bits per heavy atom. The van der Waals surface area contributed by atoms with Gasteiger partial charge in [-0.1, -0.05) is 30.8 Å². The van der Waals surface area contributed by atoms with Crippen LogP contribution in [0, 0.1) is 11.8 Å². The van der Waals surface area contributed by atoms with Crippen molar-refractivity contribution >= 4 is 0 Å². The number of aromatic nitrogens is 2. The molecule has 1 aromatic rings. The number of nitrogens with zero attached hydrogens (tertiary/aromatic N) is 2. The molecule has 3 fully saturated rings. The average Bonchev–Trinajstić information content (AvgIpc) is 3.09. The van der Waals surface area contributed by atoms with Crippen LogP contribution in [0.25, 0.3) is 0 Å². The summed E-state index contributed by atoms with van der Waals surface area (Å²) in [6.45, 7) is 1.09. The van der Waals surface area contributed by atoms with Gasteiger partial charge in [-0.05, 0) is 44.1 Å². The third-order valence-electron chi connectivity index (χ3n) is 5.27. The summed E-state index contributed by atoms with van der Waals surface area (Å²) in [4.78, 5) is 4.72. The molecule has 1 N–H and O–H groups in total. The first-order valence-electron chi connectivity index (χ1n) is 8.00. The van der Waals surface area contributed by atoms with Crippen molar-refractivity contribution in [2.24, 2.45) is 11.8 Å². The Labute approximate surface area is 114 Å². The second kappa shape index (κ2) is 4.89. The Balaban J connectivity index is 1.47. The third-order valence-corrected chi connectivity index (χ3v) is 5.27. The summed E-state index contributed by atoms with van der Waals surface area (Å²) >= 11 is 0. The van der Waals surface area contributed by atoms with Gasteiger partial charge < -0.3 is 9.84 Å². The predicted molar refractivity (Wildman–Crippen MR) is 71.7 cm³/mol. The van der Waals surface area contributed by atoms with Gasteiger partial charge in [-0.15, -0.1) is 0 Å². The zero-order valence-corrected chi connectivity index (χ0v) is 11.5.